The van der Waals surface area contributed by atoms with Gasteiger partial charge in [-0.25, -0.2) is 8.78 Å². The van der Waals surface area contributed by atoms with Crippen LogP contribution in [0.5, 0.6) is 0 Å². The standard InChI is InChI=1S/C16H21F2NO/c1-14(17,18)12-2-3-13(19-10-12)16-7-4-15(11-20,5-8-16)6-9-16/h2-3,10,20H,4-9,11H2,1H3. The van der Waals surface area contributed by atoms with E-state index in [4.69, 9.17) is 0 Å². The van der Waals surface area contributed by atoms with Crippen LogP contribution in [0.15, 0.2) is 18.3 Å². The number of aromatic nitrogens is 1. The molecule has 3 aliphatic carbocycles. The van der Waals surface area contributed by atoms with Crippen molar-refractivity contribution >= 4 is 0 Å². The Hall–Kier alpha value is -1.03. The molecule has 1 aromatic heterocycles. The van der Waals surface area contributed by atoms with Crippen LogP contribution in [-0.4, -0.2) is 16.7 Å². The van der Waals surface area contributed by atoms with Gasteiger partial charge in [-0.2, -0.15) is 0 Å². The first kappa shape index (κ1) is 13.9. The van der Waals surface area contributed by atoms with Crippen molar-refractivity contribution in [1.29, 1.82) is 0 Å². The van der Waals surface area contributed by atoms with Gasteiger partial charge in [-0.1, -0.05) is 0 Å². The predicted molar refractivity (Wildman–Crippen MR) is 72.7 cm³/mol. The van der Waals surface area contributed by atoms with Crippen LogP contribution in [0.25, 0.3) is 0 Å². The average Bonchev–Trinajstić information content (AvgIpc) is 2.48. The first-order chi connectivity index (χ1) is 9.39. The number of pyridine rings is 1. The Morgan fingerprint density at radius 3 is 2.15 bits per heavy atom. The highest BCUT2D eigenvalue weighted by Crippen LogP contribution is 2.57. The normalized spacial score (nSPS) is 33.4. The number of hydrogen-bond donors (Lipinski definition) is 1. The van der Waals surface area contributed by atoms with Gasteiger partial charge < -0.3 is 5.11 Å². The molecule has 0 atom stereocenters. The van der Waals surface area contributed by atoms with Crippen LogP contribution in [0.1, 0.15) is 56.7 Å². The molecule has 3 fully saturated rings. The Labute approximate surface area is 118 Å². The third-order valence-corrected chi connectivity index (χ3v) is 5.55. The molecule has 1 aromatic rings. The summed E-state index contributed by atoms with van der Waals surface area (Å²) in [6.07, 6.45) is 7.45. The third-order valence-electron chi connectivity index (χ3n) is 5.55. The van der Waals surface area contributed by atoms with E-state index in [1.54, 1.807) is 6.07 Å². The lowest BCUT2D eigenvalue weighted by Gasteiger charge is -2.52. The van der Waals surface area contributed by atoms with E-state index >= 15 is 0 Å². The molecule has 1 heterocycles. The Kier molecular flexibility index (Phi) is 3.12. The zero-order valence-corrected chi connectivity index (χ0v) is 11.8. The van der Waals surface area contributed by atoms with Crippen molar-refractivity contribution < 1.29 is 13.9 Å². The molecular weight excluding hydrogens is 260 g/mol. The summed E-state index contributed by atoms with van der Waals surface area (Å²) in [5.74, 6) is -2.83. The topological polar surface area (TPSA) is 33.1 Å². The molecule has 0 radical (unpaired) electrons. The molecule has 3 saturated carbocycles. The smallest absolute Gasteiger partial charge is 0.272 e. The highest BCUT2D eigenvalue weighted by atomic mass is 19.3. The Morgan fingerprint density at radius 1 is 1.15 bits per heavy atom. The van der Waals surface area contributed by atoms with E-state index in [9.17, 15) is 13.9 Å². The van der Waals surface area contributed by atoms with Crippen molar-refractivity contribution in [2.75, 3.05) is 6.61 Å². The maximum absolute atomic E-state index is 13.2. The van der Waals surface area contributed by atoms with Crippen molar-refractivity contribution in [3.05, 3.63) is 29.6 Å². The summed E-state index contributed by atoms with van der Waals surface area (Å²) in [7, 11) is 0. The van der Waals surface area contributed by atoms with Crippen LogP contribution >= 0.6 is 0 Å². The van der Waals surface area contributed by atoms with Gasteiger partial charge in [0.25, 0.3) is 5.92 Å². The number of nitrogens with zero attached hydrogens (tertiary/aromatic N) is 1. The van der Waals surface area contributed by atoms with E-state index in [-0.39, 0.29) is 23.0 Å². The molecule has 0 aliphatic heterocycles. The number of hydrogen-bond acceptors (Lipinski definition) is 2. The SMILES string of the molecule is CC(F)(F)c1ccc(C23CCC(CO)(CC2)CC3)nc1. The minimum absolute atomic E-state index is 0.0195. The van der Waals surface area contributed by atoms with Gasteiger partial charge in [0.15, 0.2) is 0 Å². The second-order valence-electron chi connectivity index (χ2n) is 6.76. The quantitative estimate of drug-likeness (QED) is 0.914. The fourth-order valence-electron chi connectivity index (χ4n) is 3.85. The van der Waals surface area contributed by atoms with Gasteiger partial charge in [0.1, 0.15) is 0 Å². The number of alkyl halides is 2. The van der Waals surface area contributed by atoms with Crippen molar-refractivity contribution in [2.24, 2.45) is 5.41 Å². The van der Waals surface area contributed by atoms with Gasteiger partial charge in [-0.15, -0.1) is 0 Å². The molecule has 1 N–H and O–H groups in total. The maximum Gasteiger partial charge on any atom is 0.272 e. The number of aliphatic hydroxyl groups excluding tert-OH is 1. The summed E-state index contributed by atoms with van der Waals surface area (Å²) in [4.78, 5) is 4.34. The fourth-order valence-corrected chi connectivity index (χ4v) is 3.85. The lowest BCUT2D eigenvalue weighted by Crippen LogP contribution is -2.46. The van der Waals surface area contributed by atoms with E-state index in [1.807, 2.05) is 0 Å². The lowest BCUT2D eigenvalue weighted by atomic mass is 9.53. The van der Waals surface area contributed by atoms with E-state index in [2.05, 4.69) is 4.98 Å². The molecular formula is C16H21F2NO. The first-order valence-corrected chi connectivity index (χ1v) is 7.35. The second-order valence-corrected chi connectivity index (χ2v) is 6.76. The summed E-state index contributed by atoms with van der Waals surface area (Å²) < 4.78 is 26.5. The molecule has 4 rings (SSSR count). The van der Waals surface area contributed by atoms with Crippen molar-refractivity contribution in [3.63, 3.8) is 0 Å². The Balaban J connectivity index is 1.84. The van der Waals surface area contributed by atoms with Crippen LogP contribution in [0.4, 0.5) is 8.78 Å². The predicted octanol–water partition coefficient (Wildman–Crippen LogP) is 3.78. The number of rotatable bonds is 3. The summed E-state index contributed by atoms with van der Waals surface area (Å²) in [5, 5.41) is 9.55. The van der Waals surface area contributed by atoms with Crippen LogP contribution in [0, 0.1) is 5.41 Å². The highest BCUT2D eigenvalue weighted by molar-refractivity contribution is 5.26. The van der Waals surface area contributed by atoms with E-state index in [1.165, 1.54) is 12.3 Å². The zero-order valence-electron chi connectivity index (χ0n) is 11.8. The zero-order chi connectivity index (χ0) is 14.4. The van der Waals surface area contributed by atoms with E-state index < -0.39 is 5.92 Å². The van der Waals surface area contributed by atoms with Crippen LogP contribution in [0.2, 0.25) is 0 Å². The first-order valence-electron chi connectivity index (χ1n) is 7.35. The van der Waals surface area contributed by atoms with Gasteiger partial charge >= 0.3 is 0 Å². The van der Waals surface area contributed by atoms with Crippen LogP contribution < -0.4 is 0 Å². The van der Waals surface area contributed by atoms with Crippen LogP contribution in [-0.2, 0) is 11.3 Å². The van der Waals surface area contributed by atoms with Crippen molar-refractivity contribution in [1.82, 2.24) is 4.98 Å². The lowest BCUT2D eigenvalue weighted by molar-refractivity contribution is -0.00857. The van der Waals surface area contributed by atoms with Crippen LogP contribution in [0.3, 0.4) is 0 Å². The molecule has 0 amide bonds. The minimum atomic E-state index is -2.83. The minimum Gasteiger partial charge on any atom is -0.396 e. The van der Waals surface area contributed by atoms with Crippen molar-refractivity contribution in [2.45, 2.75) is 56.8 Å². The molecule has 2 bridgehead atoms. The molecule has 2 nitrogen and oxygen atoms in total. The van der Waals surface area contributed by atoms with Crippen molar-refractivity contribution in [3.8, 4) is 0 Å². The number of halogens is 2. The summed E-state index contributed by atoms with van der Waals surface area (Å²) in [6, 6.07) is 3.30. The van der Waals surface area contributed by atoms with E-state index in [0.29, 0.717) is 0 Å². The fraction of sp³-hybridized carbons (Fsp3) is 0.688. The Bertz CT molecular complexity index is 468. The summed E-state index contributed by atoms with van der Waals surface area (Å²) in [5.41, 5.74) is 1.11. The molecule has 20 heavy (non-hydrogen) atoms. The van der Waals surface area contributed by atoms with Gasteiger partial charge in [0, 0.05) is 36.4 Å². The van der Waals surface area contributed by atoms with Gasteiger partial charge in [-0.05, 0) is 56.1 Å². The summed E-state index contributed by atoms with van der Waals surface area (Å²) >= 11 is 0. The van der Waals surface area contributed by atoms with Gasteiger partial charge in [0.05, 0.1) is 0 Å². The maximum atomic E-state index is 13.2. The highest BCUT2D eigenvalue weighted by Gasteiger charge is 2.49. The monoisotopic (exact) mass is 281 g/mol. The van der Waals surface area contributed by atoms with Gasteiger partial charge in [-0.3, -0.25) is 4.98 Å². The molecule has 0 aromatic carbocycles. The average molecular weight is 281 g/mol. The molecule has 0 spiro atoms. The molecule has 3 aliphatic rings. The van der Waals surface area contributed by atoms with E-state index in [0.717, 1.165) is 51.1 Å². The Morgan fingerprint density at radius 2 is 1.75 bits per heavy atom. The molecule has 4 heteroatoms. The largest absolute Gasteiger partial charge is 0.396 e. The summed E-state index contributed by atoms with van der Waals surface area (Å²) in [6.45, 7) is 1.18. The molecule has 0 saturated heterocycles. The molecule has 0 unspecified atom stereocenters. The number of fused-ring (bicyclic) bond motifs is 3. The molecule has 110 valence electrons. The second kappa shape index (κ2) is 4.48. The van der Waals surface area contributed by atoms with Gasteiger partial charge in [0.2, 0.25) is 0 Å². The third kappa shape index (κ3) is 2.14. The number of aliphatic hydroxyl groups is 1.